The van der Waals surface area contributed by atoms with E-state index in [0.717, 1.165) is 17.5 Å². The Morgan fingerprint density at radius 3 is 2.30 bits per heavy atom. The number of rotatable bonds is 6. The molecule has 126 valence electrons. The van der Waals surface area contributed by atoms with Gasteiger partial charge in [0.1, 0.15) is 0 Å². The molecule has 0 aliphatic rings. The van der Waals surface area contributed by atoms with E-state index >= 15 is 0 Å². The quantitative estimate of drug-likeness (QED) is 0.858. The number of benzene rings is 1. The standard InChI is InChI=1S/C19H29N3O/c1-6-17(15-11-21-22(5)13-15)20-12-18(23)14-7-9-16(10-8-14)19(2,3)4/h7-11,13,17-18,20,23H,6,12H2,1-5H3. The average Bonchev–Trinajstić information content (AvgIpc) is 2.93. The van der Waals surface area contributed by atoms with E-state index in [-0.39, 0.29) is 11.5 Å². The van der Waals surface area contributed by atoms with Crippen LogP contribution in [0.5, 0.6) is 0 Å². The highest BCUT2D eigenvalue weighted by atomic mass is 16.3. The van der Waals surface area contributed by atoms with Crippen LogP contribution in [0.15, 0.2) is 36.7 Å². The van der Waals surface area contributed by atoms with Crippen LogP contribution in [0.2, 0.25) is 0 Å². The summed E-state index contributed by atoms with van der Waals surface area (Å²) < 4.78 is 1.81. The van der Waals surface area contributed by atoms with Crippen LogP contribution in [0.1, 0.15) is 63.0 Å². The van der Waals surface area contributed by atoms with Crippen molar-refractivity contribution in [3.63, 3.8) is 0 Å². The Morgan fingerprint density at radius 1 is 1.17 bits per heavy atom. The van der Waals surface area contributed by atoms with E-state index in [2.05, 4.69) is 50.2 Å². The first-order valence-corrected chi connectivity index (χ1v) is 8.31. The molecule has 2 rings (SSSR count). The summed E-state index contributed by atoms with van der Waals surface area (Å²) in [6.07, 6.45) is 4.35. The van der Waals surface area contributed by atoms with Crippen LogP contribution >= 0.6 is 0 Å². The van der Waals surface area contributed by atoms with Crippen molar-refractivity contribution < 1.29 is 5.11 Å². The Morgan fingerprint density at radius 2 is 1.83 bits per heavy atom. The first kappa shape index (κ1) is 17.7. The fourth-order valence-corrected chi connectivity index (χ4v) is 2.69. The zero-order valence-electron chi connectivity index (χ0n) is 14.9. The highest BCUT2D eigenvalue weighted by molar-refractivity contribution is 5.28. The Bertz CT molecular complexity index is 610. The van der Waals surface area contributed by atoms with Gasteiger partial charge in [-0.15, -0.1) is 0 Å². The molecule has 2 N–H and O–H groups in total. The predicted octanol–water partition coefficient (Wildman–Crippen LogP) is 3.49. The van der Waals surface area contributed by atoms with E-state index in [0.29, 0.717) is 6.54 Å². The molecule has 1 aromatic carbocycles. The average molecular weight is 315 g/mol. The van der Waals surface area contributed by atoms with Crippen molar-refractivity contribution in [1.29, 1.82) is 0 Å². The number of nitrogens with zero attached hydrogens (tertiary/aromatic N) is 2. The maximum absolute atomic E-state index is 10.4. The molecule has 4 nitrogen and oxygen atoms in total. The smallest absolute Gasteiger partial charge is 0.0914 e. The van der Waals surface area contributed by atoms with Gasteiger partial charge in [0.25, 0.3) is 0 Å². The van der Waals surface area contributed by atoms with Crippen molar-refractivity contribution >= 4 is 0 Å². The molecule has 2 atom stereocenters. The molecule has 2 unspecified atom stereocenters. The monoisotopic (exact) mass is 315 g/mol. The van der Waals surface area contributed by atoms with E-state index in [1.54, 1.807) is 4.68 Å². The van der Waals surface area contributed by atoms with Gasteiger partial charge in [-0.1, -0.05) is 52.0 Å². The maximum atomic E-state index is 10.4. The summed E-state index contributed by atoms with van der Waals surface area (Å²) in [5, 5.41) is 18.1. The summed E-state index contributed by atoms with van der Waals surface area (Å²) >= 11 is 0. The van der Waals surface area contributed by atoms with Gasteiger partial charge in [-0.25, -0.2) is 0 Å². The molecule has 0 saturated carbocycles. The lowest BCUT2D eigenvalue weighted by Crippen LogP contribution is -2.26. The fourth-order valence-electron chi connectivity index (χ4n) is 2.69. The Kier molecular flexibility index (Phi) is 5.60. The molecule has 4 heteroatoms. The Hall–Kier alpha value is -1.65. The molecule has 0 aliphatic carbocycles. The molecule has 0 spiro atoms. The second-order valence-corrected chi connectivity index (χ2v) is 7.20. The number of hydrogen-bond acceptors (Lipinski definition) is 3. The van der Waals surface area contributed by atoms with Crippen LogP contribution in [0.25, 0.3) is 0 Å². The summed E-state index contributed by atoms with van der Waals surface area (Å²) in [4.78, 5) is 0. The SMILES string of the molecule is CCC(NCC(O)c1ccc(C(C)(C)C)cc1)c1cnn(C)c1. The summed E-state index contributed by atoms with van der Waals surface area (Å²) in [6, 6.07) is 8.48. The molecule has 0 fully saturated rings. The lowest BCUT2D eigenvalue weighted by atomic mass is 9.86. The van der Waals surface area contributed by atoms with Gasteiger partial charge in [0.2, 0.25) is 0 Å². The third kappa shape index (κ3) is 4.66. The van der Waals surface area contributed by atoms with Crippen molar-refractivity contribution in [3.05, 3.63) is 53.3 Å². The third-order valence-corrected chi connectivity index (χ3v) is 4.25. The van der Waals surface area contributed by atoms with Crippen LogP contribution in [0, 0.1) is 0 Å². The van der Waals surface area contributed by atoms with Gasteiger partial charge in [-0.3, -0.25) is 4.68 Å². The lowest BCUT2D eigenvalue weighted by molar-refractivity contribution is 0.169. The Labute approximate surface area is 139 Å². The van der Waals surface area contributed by atoms with E-state index in [1.807, 2.05) is 31.6 Å². The van der Waals surface area contributed by atoms with Crippen LogP contribution in [-0.2, 0) is 12.5 Å². The summed E-state index contributed by atoms with van der Waals surface area (Å²) in [6.45, 7) is 9.25. The lowest BCUT2D eigenvalue weighted by Gasteiger charge is -2.21. The topological polar surface area (TPSA) is 50.1 Å². The molecule has 23 heavy (non-hydrogen) atoms. The molecule has 0 bridgehead atoms. The fraction of sp³-hybridized carbons (Fsp3) is 0.526. The summed E-state index contributed by atoms with van der Waals surface area (Å²) in [5.41, 5.74) is 3.52. The summed E-state index contributed by atoms with van der Waals surface area (Å²) in [5.74, 6) is 0. The molecule has 1 heterocycles. The predicted molar refractivity (Wildman–Crippen MR) is 94.3 cm³/mol. The number of aliphatic hydroxyl groups excluding tert-OH is 1. The largest absolute Gasteiger partial charge is 0.387 e. The maximum Gasteiger partial charge on any atom is 0.0914 e. The first-order valence-electron chi connectivity index (χ1n) is 8.31. The first-order chi connectivity index (χ1) is 10.8. The minimum Gasteiger partial charge on any atom is -0.387 e. The zero-order chi connectivity index (χ0) is 17.0. The number of aryl methyl sites for hydroxylation is 1. The van der Waals surface area contributed by atoms with Gasteiger partial charge in [-0.2, -0.15) is 5.10 Å². The zero-order valence-corrected chi connectivity index (χ0v) is 14.9. The molecule has 0 amide bonds. The van der Waals surface area contributed by atoms with Crippen molar-refractivity contribution in [2.45, 2.75) is 51.7 Å². The van der Waals surface area contributed by atoms with Crippen molar-refractivity contribution in [2.75, 3.05) is 6.54 Å². The number of nitrogens with one attached hydrogen (secondary N) is 1. The van der Waals surface area contributed by atoms with Crippen molar-refractivity contribution in [2.24, 2.45) is 7.05 Å². The highest BCUT2D eigenvalue weighted by Gasteiger charge is 2.16. The third-order valence-electron chi connectivity index (χ3n) is 4.25. The molecule has 0 radical (unpaired) electrons. The van der Waals surface area contributed by atoms with Crippen LogP contribution in [0.3, 0.4) is 0 Å². The van der Waals surface area contributed by atoms with E-state index in [4.69, 9.17) is 0 Å². The van der Waals surface area contributed by atoms with E-state index < -0.39 is 6.10 Å². The number of aromatic nitrogens is 2. The second kappa shape index (κ2) is 7.28. The van der Waals surface area contributed by atoms with Gasteiger partial charge >= 0.3 is 0 Å². The molecular weight excluding hydrogens is 286 g/mol. The molecule has 1 aromatic heterocycles. The minimum atomic E-state index is -0.505. The van der Waals surface area contributed by atoms with Gasteiger partial charge in [0.05, 0.1) is 12.3 Å². The van der Waals surface area contributed by atoms with Crippen molar-refractivity contribution in [1.82, 2.24) is 15.1 Å². The van der Waals surface area contributed by atoms with Gasteiger partial charge in [-0.05, 0) is 23.0 Å². The highest BCUT2D eigenvalue weighted by Crippen LogP contribution is 2.24. The van der Waals surface area contributed by atoms with Crippen molar-refractivity contribution in [3.8, 4) is 0 Å². The molecular formula is C19H29N3O. The minimum absolute atomic E-state index is 0.134. The van der Waals surface area contributed by atoms with Gasteiger partial charge in [0, 0.05) is 31.4 Å². The molecule has 2 aromatic rings. The van der Waals surface area contributed by atoms with Crippen LogP contribution < -0.4 is 5.32 Å². The normalized spacial score (nSPS) is 14.7. The molecule has 0 saturated heterocycles. The summed E-state index contributed by atoms with van der Waals surface area (Å²) in [7, 11) is 1.92. The van der Waals surface area contributed by atoms with E-state index in [9.17, 15) is 5.11 Å². The van der Waals surface area contributed by atoms with Crippen LogP contribution in [-0.4, -0.2) is 21.4 Å². The number of aliphatic hydroxyl groups is 1. The van der Waals surface area contributed by atoms with E-state index in [1.165, 1.54) is 5.56 Å². The second-order valence-electron chi connectivity index (χ2n) is 7.20. The molecule has 0 aliphatic heterocycles. The Balaban J connectivity index is 1.97. The van der Waals surface area contributed by atoms with Gasteiger partial charge < -0.3 is 10.4 Å². The van der Waals surface area contributed by atoms with Crippen LogP contribution in [0.4, 0.5) is 0 Å². The van der Waals surface area contributed by atoms with Gasteiger partial charge in [0.15, 0.2) is 0 Å². The number of hydrogen-bond donors (Lipinski definition) is 2.